The maximum Gasteiger partial charge on any atom is 0.222 e. The maximum absolute atomic E-state index is 12.4. The van der Waals surface area contributed by atoms with Crippen molar-refractivity contribution >= 4 is 16.8 Å². The lowest BCUT2D eigenvalue weighted by Gasteiger charge is -2.26. The summed E-state index contributed by atoms with van der Waals surface area (Å²) >= 11 is 0. The lowest BCUT2D eigenvalue weighted by molar-refractivity contribution is -0.122. The van der Waals surface area contributed by atoms with E-state index in [1.165, 1.54) is 10.9 Å². The van der Waals surface area contributed by atoms with Gasteiger partial charge < -0.3 is 14.6 Å². The van der Waals surface area contributed by atoms with E-state index >= 15 is 0 Å². The minimum Gasteiger partial charge on any atom is -0.493 e. The maximum atomic E-state index is 12.4. The lowest BCUT2D eigenvalue weighted by Crippen LogP contribution is -2.32. The Bertz CT molecular complexity index is 869. The second-order valence-corrected chi connectivity index (χ2v) is 6.11. The Morgan fingerprint density at radius 3 is 2.92 bits per heavy atom. The second kappa shape index (κ2) is 6.40. The first-order valence-corrected chi connectivity index (χ1v) is 8.36. The van der Waals surface area contributed by atoms with Gasteiger partial charge in [0.05, 0.1) is 12.6 Å². The van der Waals surface area contributed by atoms with E-state index in [2.05, 4.69) is 28.1 Å². The van der Waals surface area contributed by atoms with Crippen LogP contribution in [-0.4, -0.2) is 17.1 Å². The van der Waals surface area contributed by atoms with Crippen LogP contribution in [0, 0.1) is 0 Å². The summed E-state index contributed by atoms with van der Waals surface area (Å²) in [5.41, 5.74) is 2.24. The summed E-state index contributed by atoms with van der Waals surface area (Å²) in [6.45, 7) is 1.33. The molecule has 1 aliphatic rings. The molecule has 0 fully saturated rings. The highest BCUT2D eigenvalue weighted by Gasteiger charge is 2.22. The van der Waals surface area contributed by atoms with Gasteiger partial charge in [0.1, 0.15) is 5.75 Å². The number of carbonyl (C=O) groups is 1. The van der Waals surface area contributed by atoms with Gasteiger partial charge in [-0.2, -0.15) is 0 Å². The fraction of sp³-hybridized carbons (Fsp3) is 0.250. The van der Waals surface area contributed by atoms with Crippen LogP contribution < -0.4 is 10.1 Å². The third-order valence-electron chi connectivity index (χ3n) is 4.55. The van der Waals surface area contributed by atoms with Crippen molar-refractivity contribution in [2.75, 3.05) is 6.61 Å². The van der Waals surface area contributed by atoms with Crippen LogP contribution in [0.5, 0.6) is 5.75 Å². The molecule has 0 saturated heterocycles. The summed E-state index contributed by atoms with van der Waals surface area (Å²) < 4.78 is 7.78. The number of hydrogen-bond donors (Lipinski definition) is 1. The van der Waals surface area contributed by atoms with Crippen LogP contribution in [0.25, 0.3) is 10.9 Å². The molecular formula is C20H20N2O2. The first kappa shape index (κ1) is 14.8. The molecule has 4 rings (SSSR count). The van der Waals surface area contributed by atoms with Crippen molar-refractivity contribution in [2.45, 2.75) is 25.4 Å². The predicted octanol–water partition coefficient (Wildman–Crippen LogP) is 3.67. The van der Waals surface area contributed by atoms with Crippen molar-refractivity contribution in [3.05, 3.63) is 66.4 Å². The van der Waals surface area contributed by atoms with E-state index in [9.17, 15) is 4.79 Å². The molecule has 122 valence electrons. The third kappa shape index (κ3) is 2.87. The molecule has 1 N–H and O–H groups in total. The number of benzene rings is 2. The molecule has 1 atom stereocenters. The highest BCUT2D eigenvalue weighted by Crippen LogP contribution is 2.31. The molecule has 0 radical (unpaired) electrons. The van der Waals surface area contributed by atoms with E-state index in [0.717, 1.165) is 17.7 Å². The van der Waals surface area contributed by atoms with Crippen molar-refractivity contribution in [3.63, 3.8) is 0 Å². The smallest absolute Gasteiger partial charge is 0.222 e. The van der Waals surface area contributed by atoms with E-state index in [4.69, 9.17) is 4.74 Å². The SMILES string of the molecule is O=C(CCn1ccc2ccccc21)NC1CCOc2ccccc21. The predicted molar refractivity (Wildman–Crippen MR) is 94.0 cm³/mol. The molecule has 1 amide bonds. The first-order chi connectivity index (χ1) is 11.8. The Morgan fingerprint density at radius 2 is 1.96 bits per heavy atom. The van der Waals surface area contributed by atoms with E-state index in [-0.39, 0.29) is 11.9 Å². The first-order valence-electron chi connectivity index (χ1n) is 8.36. The fourth-order valence-electron chi connectivity index (χ4n) is 3.32. The van der Waals surface area contributed by atoms with Gasteiger partial charge >= 0.3 is 0 Å². The highest BCUT2D eigenvalue weighted by atomic mass is 16.5. The molecule has 24 heavy (non-hydrogen) atoms. The van der Waals surface area contributed by atoms with Crippen molar-refractivity contribution in [1.82, 2.24) is 9.88 Å². The molecule has 1 aliphatic heterocycles. The average molecular weight is 320 g/mol. The number of hydrogen-bond acceptors (Lipinski definition) is 2. The van der Waals surface area contributed by atoms with Gasteiger partial charge in [-0.05, 0) is 23.6 Å². The van der Waals surface area contributed by atoms with Crippen molar-refractivity contribution in [3.8, 4) is 5.75 Å². The average Bonchev–Trinajstić information content (AvgIpc) is 3.04. The monoisotopic (exact) mass is 320 g/mol. The van der Waals surface area contributed by atoms with Gasteiger partial charge in [-0.1, -0.05) is 36.4 Å². The number of carbonyl (C=O) groups excluding carboxylic acids is 1. The summed E-state index contributed by atoms with van der Waals surface area (Å²) in [5, 5.41) is 4.36. The Hall–Kier alpha value is -2.75. The zero-order chi connectivity index (χ0) is 16.4. The number of nitrogens with zero attached hydrogens (tertiary/aromatic N) is 1. The Balaban J connectivity index is 1.41. The number of rotatable bonds is 4. The fourth-order valence-corrected chi connectivity index (χ4v) is 3.32. The molecule has 4 nitrogen and oxygen atoms in total. The minimum absolute atomic E-state index is 0.0452. The molecule has 4 heteroatoms. The molecular weight excluding hydrogens is 300 g/mol. The molecule has 0 saturated carbocycles. The molecule has 0 spiro atoms. The summed E-state index contributed by atoms with van der Waals surface area (Å²) in [4.78, 5) is 12.4. The summed E-state index contributed by atoms with van der Waals surface area (Å²) in [5.74, 6) is 0.958. The molecule has 1 unspecified atom stereocenters. The normalized spacial score (nSPS) is 16.4. The van der Waals surface area contributed by atoms with Gasteiger partial charge in [-0.3, -0.25) is 4.79 Å². The Morgan fingerprint density at radius 1 is 1.12 bits per heavy atom. The standard InChI is InChI=1S/C20H20N2O2/c23-20(10-13-22-12-9-15-5-1-3-7-18(15)22)21-17-11-14-24-19-8-4-2-6-16(17)19/h1-9,12,17H,10-11,13-14H2,(H,21,23). The van der Waals surface area contributed by atoms with Gasteiger partial charge in [0, 0.05) is 36.7 Å². The highest BCUT2D eigenvalue weighted by molar-refractivity contribution is 5.80. The summed E-state index contributed by atoms with van der Waals surface area (Å²) in [6.07, 6.45) is 3.33. The number of ether oxygens (including phenoxy) is 1. The quantitative estimate of drug-likeness (QED) is 0.797. The number of aromatic nitrogens is 1. The summed E-state index contributed by atoms with van der Waals surface area (Å²) in [6, 6.07) is 18.3. The molecule has 2 aromatic carbocycles. The van der Waals surface area contributed by atoms with Crippen LogP contribution in [-0.2, 0) is 11.3 Å². The zero-order valence-electron chi connectivity index (χ0n) is 13.4. The largest absolute Gasteiger partial charge is 0.493 e. The van der Waals surface area contributed by atoms with E-state index in [1.807, 2.05) is 42.6 Å². The summed E-state index contributed by atoms with van der Waals surface area (Å²) in [7, 11) is 0. The Labute approximate surface area is 141 Å². The number of aryl methyl sites for hydroxylation is 1. The number of fused-ring (bicyclic) bond motifs is 2. The van der Waals surface area contributed by atoms with Gasteiger partial charge in [-0.25, -0.2) is 0 Å². The van der Waals surface area contributed by atoms with E-state index in [1.54, 1.807) is 0 Å². The zero-order valence-corrected chi connectivity index (χ0v) is 13.4. The van der Waals surface area contributed by atoms with Gasteiger partial charge in [0.25, 0.3) is 0 Å². The van der Waals surface area contributed by atoms with Gasteiger partial charge in [0.15, 0.2) is 0 Å². The third-order valence-corrected chi connectivity index (χ3v) is 4.55. The topological polar surface area (TPSA) is 43.3 Å². The van der Waals surface area contributed by atoms with Crippen LogP contribution in [0.2, 0.25) is 0 Å². The molecule has 3 aromatic rings. The van der Waals surface area contributed by atoms with Crippen molar-refractivity contribution in [2.24, 2.45) is 0 Å². The second-order valence-electron chi connectivity index (χ2n) is 6.11. The number of nitrogens with one attached hydrogen (secondary N) is 1. The van der Waals surface area contributed by atoms with Crippen LogP contribution in [0.3, 0.4) is 0 Å². The molecule has 1 aromatic heterocycles. The van der Waals surface area contributed by atoms with E-state index in [0.29, 0.717) is 19.6 Å². The lowest BCUT2D eigenvalue weighted by atomic mass is 10.0. The van der Waals surface area contributed by atoms with Crippen LogP contribution in [0.15, 0.2) is 60.8 Å². The number of amides is 1. The molecule has 0 bridgehead atoms. The van der Waals surface area contributed by atoms with Gasteiger partial charge in [0.2, 0.25) is 5.91 Å². The van der Waals surface area contributed by atoms with E-state index < -0.39 is 0 Å². The van der Waals surface area contributed by atoms with Gasteiger partial charge in [-0.15, -0.1) is 0 Å². The minimum atomic E-state index is 0.0452. The van der Waals surface area contributed by atoms with Crippen LogP contribution in [0.4, 0.5) is 0 Å². The Kier molecular flexibility index (Phi) is 3.95. The van der Waals surface area contributed by atoms with Crippen molar-refractivity contribution < 1.29 is 9.53 Å². The van der Waals surface area contributed by atoms with Crippen LogP contribution in [0.1, 0.15) is 24.4 Å². The molecule has 0 aliphatic carbocycles. The van der Waals surface area contributed by atoms with Crippen LogP contribution >= 0.6 is 0 Å². The number of para-hydroxylation sites is 2. The molecule has 2 heterocycles. The van der Waals surface area contributed by atoms with Crippen molar-refractivity contribution in [1.29, 1.82) is 0 Å².